The minimum absolute atomic E-state index is 0.0247. The van der Waals surface area contributed by atoms with Crippen LogP contribution in [0.15, 0.2) is 100 Å². The van der Waals surface area contributed by atoms with Crippen LogP contribution in [-0.2, 0) is 10.2 Å². The van der Waals surface area contributed by atoms with E-state index in [2.05, 4.69) is 26.1 Å². The van der Waals surface area contributed by atoms with Crippen molar-refractivity contribution in [1.29, 1.82) is 0 Å². The van der Waals surface area contributed by atoms with Gasteiger partial charge in [-0.2, -0.15) is 0 Å². The van der Waals surface area contributed by atoms with Crippen molar-refractivity contribution in [3.63, 3.8) is 0 Å². The molecule has 5 rings (SSSR count). The number of hydrogen-bond donors (Lipinski definition) is 1. The Morgan fingerprint density at radius 1 is 0.865 bits per heavy atom. The summed E-state index contributed by atoms with van der Waals surface area (Å²) in [5.74, 6) is 0.769. The maximum absolute atomic E-state index is 13.0. The van der Waals surface area contributed by atoms with Gasteiger partial charge in [-0.05, 0) is 46.7 Å². The molecular formula is C31H27NO5. The Labute approximate surface area is 214 Å². The van der Waals surface area contributed by atoms with E-state index in [0.29, 0.717) is 22.5 Å². The first-order valence-electron chi connectivity index (χ1n) is 12.0. The fourth-order valence-corrected chi connectivity index (χ4v) is 4.07. The van der Waals surface area contributed by atoms with Crippen LogP contribution >= 0.6 is 0 Å². The van der Waals surface area contributed by atoms with Crippen molar-refractivity contribution in [2.24, 2.45) is 0 Å². The first-order valence-corrected chi connectivity index (χ1v) is 12.0. The average molecular weight is 494 g/mol. The summed E-state index contributed by atoms with van der Waals surface area (Å²) in [6.45, 7) is 6.22. The van der Waals surface area contributed by atoms with Crippen LogP contribution in [0.25, 0.3) is 21.7 Å². The van der Waals surface area contributed by atoms with Gasteiger partial charge >= 0.3 is 0 Å². The van der Waals surface area contributed by atoms with Crippen molar-refractivity contribution in [3.8, 4) is 17.2 Å². The predicted molar refractivity (Wildman–Crippen MR) is 146 cm³/mol. The fraction of sp³-hybridized carbons (Fsp3) is 0.161. The van der Waals surface area contributed by atoms with E-state index in [-0.39, 0.29) is 29.1 Å². The lowest BCUT2D eigenvalue weighted by Gasteiger charge is -2.19. The number of rotatable bonds is 6. The number of nitrogens with one attached hydrogen (secondary N) is 1. The van der Waals surface area contributed by atoms with Crippen LogP contribution in [0.5, 0.6) is 17.2 Å². The minimum Gasteiger partial charge on any atom is -0.484 e. The average Bonchev–Trinajstić information content (AvgIpc) is 2.89. The zero-order valence-electron chi connectivity index (χ0n) is 20.9. The number of hydrogen-bond acceptors (Lipinski definition) is 5. The molecule has 1 aromatic heterocycles. The Morgan fingerprint density at radius 3 is 2.38 bits per heavy atom. The second-order valence-corrected chi connectivity index (χ2v) is 9.83. The van der Waals surface area contributed by atoms with Crippen molar-refractivity contribution in [1.82, 2.24) is 0 Å². The number of carbonyl (C=O) groups is 1. The van der Waals surface area contributed by atoms with E-state index in [0.717, 1.165) is 16.5 Å². The molecule has 0 saturated heterocycles. The molecule has 0 aliphatic heterocycles. The molecule has 0 aliphatic carbocycles. The Balaban J connectivity index is 1.27. The van der Waals surface area contributed by atoms with Crippen LogP contribution in [0.4, 0.5) is 5.69 Å². The van der Waals surface area contributed by atoms with E-state index >= 15 is 0 Å². The van der Waals surface area contributed by atoms with E-state index in [1.54, 1.807) is 18.2 Å². The molecule has 5 aromatic rings. The molecule has 1 N–H and O–H groups in total. The Bertz CT molecular complexity index is 1640. The van der Waals surface area contributed by atoms with Crippen molar-refractivity contribution in [2.45, 2.75) is 26.2 Å². The highest BCUT2D eigenvalue weighted by atomic mass is 16.5. The highest BCUT2D eigenvalue weighted by Gasteiger charge is 2.15. The normalized spacial score (nSPS) is 11.4. The Kier molecular flexibility index (Phi) is 6.40. The third kappa shape index (κ3) is 5.33. The lowest BCUT2D eigenvalue weighted by atomic mass is 9.87. The molecule has 186 valence electrons. The summed E-state index contributed by atoms with van der Waals surface area (Å²) in [4.78, 5) is 25.5. The number of fused-ring (bicyclic) bond motifs is 2. The van der Waals surface area contributed by atoms with E-state index in [1.165, 1.54) is 11.8 Å². The highest BCUT2D eigenvalue weighted by molar-refractivity contribution is 6.02. The third-order valence-electron chi connectivity index (χ3n) is 6.10. The molecule has 0 bridgehead atoms. The van der Waals surface area contributed by atoms with Gasteiger partial charge in [0, 0.05) is 17.1 Å². The zero-order chi connectivity index (χ0) is 26.0. The van der Waals surface area contributed by atoms with Gasteiger partial charge in [-0.1, -0.05) is 69.3 Å². The fourth-order valence-electron chi connectivity index (χ4n) is 4.07. The first-order chi connectivity index (χ1) is 17.8. The van der Waals surface area contributed by atoms with Crippen LogP contribution in [0.1, 0.15) is 26.3 Å². The van der Waals surface area contributed by atoms with E-state index in [1.807, 2.05) is 66.7 Å². The monoisotopic (exact) mass is 493 g/mol. The molecule has 37 heavy (non-hydrogen) atoms. The summed E-state index contributed by atoms with van der Waals surface area (Å²) in [6.07, 6.45) is 1.29. The van der Waals surface area contributed by atoms with Crippen LogP contribution in [0.3, 0.4) is 0 Å². The molecule has 1 heterocycles. The van der Waals surface area contributed by atoms with Gasteiger partial charge in [0.2, 0.25) is 11.2 Å². The van der Waals surface area contributed by atoms with E-state index < -0.39 is 0 Å². The summed E-state index contributed by atoms with van der Waals surface area (Å²) in [7, 11) is 0. The second kappa shape index (κ2) is 9.82. The Hall–Kier alpha value is -4.58. The van der Waals surface area contributed by atoms with Gasteiger partial charge in [-0.25, -0.2) is 0 Å². The standard InChI is InChI=1S/C31H27NO5/c1-31(2,3)21-11-13-22(14-12-21)37-28-18-36-27-17-23(15-16-25(27)30(28)34)35-19-29(33)32-26-10-6-8-20-7-4-5-9-24(20)26/h4-18H,19H2,1-3H3,(H,32,33). The molecule has 0 saturated carbocycles. The SMILES string of the molecule is CC(C)(C)c1ccc(Oc2coc3cc(OCC(=O)Nc4cccc5ccccc45)ccc3c2=O)cc1. The van der Waals surface area contributed by atoms with Gasteiger partial charge in [0.1, 0.15) is 23.3 Å². The quantitative estimate of drug-likeness (QED) is 0.274. The molecule has 6 nitrogen and oxygen atoms in total. The lowest BCUT2D eigenvalue weighted by Crippen LogP contribution is -2.20. The van der Waals surface area contributed by atoms with Crippen LogP contribution in [0, 0.1) is 0 Å². The van der Waals surface area contributed by atoms with E-state index in [4.69, 9.17) is 13.9 Å². The minimum atomic E-state index is -0.292. The van der Waals surface area contributed by atoms with Gasteiger partial charge in [-0.15, -0.1) is 0 Å². The van der Waals surface area contributed by atoms with Crippen molar-refractivity contribution >= 4 is 33.3 Å². The van der Waals surface area contributed by atoms with E-state index in [9.17, 15) is 9.59 Å². The largest absolute Gasteiger partial charge is 0.484 e. The van der Waals surface area contributed by atoms with Gasteiger partial charge in [0.15, 0.2) is 6.61 Å². The predicted octanol–water partition coefficient (Wildman–Crippen LogP) is 7.05. The molecule has 0 unspecified atom stereocenters. The molecule has 6 heteroatoms. The topological polar surface area (TPSA) is 77.8 Å². The molecule has 0 aliphatic rings. The van der Waals surface area contributed by atoms with Crippen LogP contribution < -0.4 is 20.2 Å². The smallest absolute Gasteiger partial charge is 0.262 e. The molecule has 4 aromatic carbocycles. The number of anilines is 1. The molecule has 0 atom stereocenters. The second-order valence-electron chi connectivity index (χ2n) is 9.83. The number of carbonyl (C=O) groups excluding carboxylic acids is 1. The molecular weight excluding hydrogens is 466 g/mol. The van der Waals surface area contributed by atoms with Gasteiger partial charge in [0.05, 0.1) is 5.39 Å². The lowest BCUT2D eigenvalue weighted by molar-refractivity contribution is -0.118. The van der Waals surface area contributed by atoms with Crippen molar-refractivity contribution in [2.75, 3.05) is 11.9 Å². The van der Waals surface area contributed by atoms with Crippen molar-refractivity contribution in [3.05, 3.63) is 107 Å². The number of benzene rings is 4. The van der Waals surface area contributed by atoms with Gasteiger partial charge in [0.25, 0.3) is 5.91 Å². The molecule has 0 radical (unpaired) electrons. The number of amides is 1. The summed E-state index contributed by atoms with van der Waals surface area (Å²) in [6, 6.07) is 26.0. The maximum atomic E-state index is 13.0. The van der Waals surface area contributed by atoms with Gasteiger partial charge in [-0.3, -0.25) is 9.59 Å². The van der Waals surface area contributed by atoms with Gasteiger partial charge < -0.3 is 19.2 Å². The maximum Gasteiger partial charge on any atom is 0.262 e. The molecule has 0 spiro atoms. The van der Waals surface area contributed by atoms with Crippen molar-refractivity contribution < 1.29 is 18.7 Å². The number of ether oxygens (including phenoxy) is 2. The first kappa shape index (κ1) is 24.1. The summed E-state index contributed by atoms with van der Waals surface area (Å²) in [5, 5.41) is 5.24. The highest BCUT2D eigenvalue weighted by Crippen LogP contribution is 2.28. The van der Waals surface area contributed by atoms with Crippen LogP contribution in [-0.4, -0.2) is 12.5 Å². The Morgan fingerprint density at radius 2 is 1.59 bits per heavy atom. The summed E-state index contributed by atoms with van der Waals surface area (Å²) >= 11 is 0. The van der Waals surface area contributed by atoms with Crippen LogP contribution in [0.2, 0.25) is 0 Å². The summed E-state index contributed by atoms with van der Waals surface area (Å²) < 4.78 is 17.1. The molecule has 1 amide bonds. The summed E-state index contributed by atoms with van der Waals surface area (Å²) in [5.41, 5.74) is 1.96. The molecule has 0 fully saturated rings. The zero-order valence-corrected chi connectivity index (χ0v) is 20.9. The third-order valence-corrected chi connectivity index (χ3v) is 6.10.